The van der Waals surface area contributed by atoms with Gasteiger partial charge in [0.2, 0.25) is 5.95 Å². The molecule has 0 spiro atoms. The Bertz CT molecular complexity index is 914. The number of aromatic hydroxyl groups is 1. The minimum absolute atomic E-state index is 0.0456. The van der Waals surface area contributed by atoms with Gasteiger partial charge in [-0.05, 0) is 19.1 Å². The van der Waals surface area contributed by atoms with Crippen molar-refractivity contribution in [3.63, 3.8) is 0 Å². The number of fused-ring (bicyclic) bond motifs is 1. The number of hydrazone groups is 1. The maximum absolute atomic E-state index is 11.5. The van der Waals surface area contributed by atoms with E-state index in [9.17, 15) is 9.90 Å². The van der Waals surface area contributed by atoms with Crippen LogP contribution < -0.4 is 15.7 Å². The number of aromatic nitrogens is 4. The Labute approximate surface area is 130 Å². The van der Waals surface area contributed by atoms with E-state index in [-0.39, 0.29) is 28.4 Å². The summed E-state index contributed by atoms with van der Waals surface area (Å²) < 4.78 is 5.29. The Morgan fingerprint density at radius 3 is 3.09 bits per heavy atom. The number of hydrogen-bond acceptors (Lipinski definition) is 7. The third kappa shape index (κ3) is 3.12. The van der Waals surface area contributed by atoms with E-state index < -0.39 is 0 Å². The highest BCUT2D eigenvalue weighted by atomic mass is 16.5. The first kappa shape index (κ1) is 14.6. The standard InChI is InChI=1S/C14H14N6O3/c1-2-23-9-4-3-8(10(21)5-9)6-17-20-14-18-11-12(19-14)15-7-16-13(11)22/h3-7,21H,2H2,1H3,(H3,15,16,18,19,20,22)/b17-6+. The van der Waals surface area contributed by atoms with Crippen LogP contribution in [0.1, 0.15) is 12.5 Å². The quantitative estimate of drug-likeness (QED) is 0.414. The molecule has 23 heavy (non-hydrogen) atoms. The number of phenolic OH excluding ortho intramolecular Hbond substituents is 1. The molecular weight excluding hydrogens is 300 g/mol. The molecule has 0 saturated heterocycles. The second-order valence-electron chi connectivity index (χ2n) is 4.54. The van der Waals surface area contributed by atoms with Crippen LogP contribution in [0.4, 0.5) is 5.95 Å². The van der Waals surface area contributed by atoms with Crippen LogP contribution in [0.2, 0.25) is 0 Å². The maximum Gasteiger partial charge on any atom is 0.276 e. The van der Waals surface area contributed by atoms with E-state index in [0.717, 1.165) is 0 Å². The number of phenols is 1. The molecule has 0 radical (unpaired) electrons. The number of nitrogens with one attached hydrogen (secondary N) is 3. The van der Waals surface area contributed by atoms with E-state index >= 15 is 0 Å². The molecule has 0 aliphatic carbocycles. The second-order valence-corrected chi connectivity index (χ2v) is 4.54. The average molecular weight is 314 g/mol. The van der Waals surface area contributed by atoms with Gasteiger partial charge < -0.3 is 19.8 Å². The Hall–Kier alpha value is -3.36. The molecule has 2 aromatic heterocycles. The van der Waals surface area contributed by atoms with Crippen molar-refractivity contribution in [3.05, 3.63) is 40.4 Å². The summed E-state index contributed by atoms with van der Waals surface area (Å²) in [5.74, 6) is 0.896. The number of imidazole rings is 1. The summed E-state index contributed by atoms with van der Waals surface area (Å²) >= 11 is 0. The normalized spacial score (nSPS) is 11.2. The Morgan fingerprint density at radius 1 is 1.48 bits per heavy atom. The third-order valence-corrected chi connectivity index (χ3v) is 2.98. The van der Waals surface area contributed by atoms with E-state index in [1.165, 1.54) is 18.6 Å². The van der Waals surface area contributed by atoms with E-state index in [4.69, 9.17) is 4.74 Å². The predicted octanol–water partition coefficient (Wildman–Crippen LogP) is 1.20. The molecule has 0 amide bonds. The topological polar surface area (TPSA) is 128 Å². The number of ether oxygens (including phenoxy) is 1. The Kier molecular flexibility index (Phi) is 3.91. The summed E-state index contributed by atoms with van der Waals surface area (Å²) in [6.45, 7) is 2.39. The van der Waals surface area contributed by atoms with E-state index in [1.807, 2.05) is 6.92 Å². The number of rotatable bonds is 5. The van der Waals surface area contributed by atoms with Crippen LogP contribution in [-0.4, -0.2) is 37.9 Å². The van der Waals surface area contributed by atoms with Crippen molar-refractivity contribution >= 4 is 23.3 Å². The lowest BCUT2D eigenvalue weighted by Crippen LogP contribution is -2.05. The van der Waals surface area contributed by atoms with Gasteiger partial charge in [-0.3, -0.25) is 4.79 Å². The monoisotopic (exact) mass is 314 g/mol. The van der Waals surface area contributed by atoms with Crippen LogP contribution >= 0.6 is 0 Å². The minimum Gasteiger partial charge on any atom is -0.507 e. The smallest absolute Gasteiger partial charge is 0.276 e. The van der Waals surface area contributed by atoms with Crippen LogP contribution in [0.15, 0.2) is 34.4 Å². The van der Waals surface area contributed by atoms with Gasteiger partial charge in [0.05, 0.1) is 19.1 Å². The number of hydrogen-bond donors (Lipinski definition) is 4. The van der Waals surface area contributed by atoms with Gasteiger partial charge in [-0.2, -0.15) is 10.1 Å². The van der Waals surface area contributed by atoms with Crippen LogP contribution in [-0.2, 0) is 0 Å². The van der Waals surface area contributed by atoms with Crippen molar-refractivity contribution < 1.29 is 9.84 Å². The summed E-state index contributed by atoms with van der Waals surface area (Å²) in [7, 11) is 0. The lowest BCUT2D eigenvalue weighted by atomic mass is 10.2. The lowest BCUT2D eigenvalue weighted by molar-refractivity contribution is 0.337. The Morgan fingerprint density at radius 2 is 2.35 bits per heavy atom. The summed E-state index contributed by atoms with van der Waals surface area (Å²) in [5.41, 5.74) is 3.38. The minimum atomic E-state index is -0.316. The molecule has 0 aliphatic heterocycles. The molecule has 0 bridgehead atoms. The van der Waals surface area contributed by atoms with Gasteiger partial charge in [0.15, 0.2) is 11.2 Å². The number of benzene rings is 1. The van der Waals surface area contributed by atoms with E-state index in [1.54, 1.807) is 12.1 Å². The SMILES string of the molecule is CCOc1ccc(/C=N/Nc2nc3nc[nH]c(=O)c3[nH]2)c(O)c1. The van der Waals surface area contributed by atoms with E-state index in [0.29, 0.717) is 17.9 Å². The van der Waals surface area contributed by atoms with Crippen molar-refractivity contribution in [3.8, 4) is 11.5 Å². The fourth-order valence-electron chi connectivity index (χ4n) is 1.95. The summed E-state index contributed by atoms with van der Waals surface area (Å²) in [6, 6.07) is 4.92. The van der Waals surface area contributed by atoms with Gasteiger partial charge in [-0.15, -0.1) is 0 Å². The number of aromatic amines is 2. The van der Waals surface area contributed by atoms with Gasteiger partial charge in [0.1, 0.15) is 11.5 Å². The first-order valence-electron chi connectivity index (χ1n) is 6.85. The highest BCUT2D eigenvalue weighted by molar-refractivity contribution is 5.84. The molecule has 4 N–H and O–H groups in total. The van der Waals surface area contributed by atoms with Gasteiger partial charge in [-0.1, -0.05) is 0 Å². The molecule has 0 aliphatic rings. The molecular formula is C14H14N6O3. The molecule has 118 valence electrons. The molecule has 0 unspecified atom stereocenters. The van der Waals surface area contributed by atoms with E-state index in [2.05, 4.69) is 30.5 Å². The number of nitrogens with zero attached hydrogens (tertiary/aromatic N) is 3. The van der Waals surface area contributed by atoms with Gasteiger partial charge in [0.25, 0.3) is 5.56 Å². The fraction of sp³-hybridized carbons (Fsp3) is 0.143. The third-order valence-electron chi connectivity index (χ3n) is 2.98. The van der Waals surface area contributed by atoms with Crippen molar-refractivity contribution in [1.29, 1.82) is 0 Å². The van der Waals surface area contributed by atoms with Crippen LogP contribution in [0.25, 0.3) is 11.2 Å². The Balaban J connectivity index is 1.75. The summed E-state index contributed by atoms with van der Waals surface area (Å²) in [6.07, 6.45) is 2.70. The molecule has 0 saturated carbocycles. The highest BCUT2D eigenvalue weighted by Gasteiger charge is 2.06. The zero-order valence-electron chi connectivity index (χ0n) is 12.2. The molecule has 3 aromatic rings. The van der Waals surface area contributed by atoms with Crippen LogP contribution in [0, 0.1) is 0 Å². The maximum atomic E-state index is 11.5. The van der Waals surface area contributed by atoms with Gasteiger partial charge >= 0.3 is 0 Å². The first-order chi connectivity index (χ1) is 11.2. The summed E-state index contributed by atoms with van der Waals surface area (Å²) in [5, 5.41) is 13.9. The molecule has 9 nitrogen and oxygen atoms in total. The van der Waals surface area contributed by atoms with Crippen LogP contribution in [0.5, 0.6) is 11.5 Å². The first-order valence-corrected chi connectivity index (χ1v) is 6.85. The molecule has 0 fully saturated rings. The molecule has 0 atom stereocenters. The summed E-state index contributed by atoms with van der Waals surface area (Å²) in [4.78, 5) is 24.7. The van der Waals surface area contributed by atoms with Gasteiger partial charge in [-0.25, -0.2) is 10.4 Å². The van der Waals surface area contributed by atoms with Crippen LogP contribution in [0.3, 0.4) is 0 Å². The van der Waals surface area contributed by atoms with Crippen molar-refractivity contribution in [2.24, 2.45) is 5.10 Å². The molecule has 9 heteroatoms. The zero-order valence-corrected chi connectivity index (χ0v) is 12.2. The second kappa shape index (κ2) is 6.18. The molecule has 2 heterocycles. The molecule has 3 rings (SSSR count). The lowest BCUT2D eigenvalue weighted by Gasteiger charge is -2.04. The number of anilines is 1. The predicted molar refractivity (Wildman–Crippen MR) is 85.0 cm³/mol. The van der Waals surface area contributed by atoms with Crippen molar-refractivity contribution in [2.75, 3.05) is 12.0 Å². The zero-order chi connectivity index (χ0) is 16.2. The fourth-order valence-corrected chi connectivity index (χ4v) is 1.95. The van der Waals surface area contributed by atoms with Crippen molar-refractivity contribution in [1.82, 2.24) is 19.9 Å². The number of H-pyrrole nitrogens is 2. The highest BCUT2D eigenvalue weighted by Crippen LogP contribution is 2.22. The average Bonchev–Trinajstić information content (AvgIpc) is 2.94. The largest absolute Gasteiger partial charge is 0.507 e. The van der Waals surface area contributed by atoms with Crippen molar-refractivity contribution in [2.45, 2.75) is 6.92 Å². The van der Waals surface area contributed by atoms with Gasteiger partial charge in [0, 0.05) is 11.6 Å². The molecule has 1 aromatic carbocycles.